The van der Waals surface area contributed by atoms with Crippen LogP contribution in [0.15, 0.2) is 24.3 Å². The Balaban J connectivity index is 2.40. The van der Waals surface area contributed by atoms with Gasteiger partial charge in [-0.1, -0.05) is 18.2 Å². The minimum atomic E-state index is -0.656. The van der Waals surface area contributed by atoms with Gasteiger partial charge in [0.2, 0.25) is 5.91 Å². The first kappa shape index (κ1) is 15.0. The maximum Gasteiger partial charge on any atom is 0.328 e. The zero-order valence-electron chi connectivity index (χ0n) is 11.2. The number of carbonyl (C=O) groups excluding carboxylic acids is 2. The van der Waals surface area contributed by atoms with E-state index < -0.39 is 12.0 Å². The van der Waals surface area contributed by atoms with E-state index in [1.54, 1.807) is 38.1 Å². The van der Waals surface area contributed by atoms with Crippen molar-refractivity contribution in [3.05, 3.63) is 29.8 Å². The first-order valence-corrected chi connectivity index (χ1v) is 6.27. The quantitative estimate of drug-likeness (QED) is 0.762. The van der Waals surface area contributed by atoms with E-state index in [0.717, 1.165) is 0 Å². The molecule has 0 fully saturated rings. The van der Waals surface area contributed by atoms with E-state index in [9.17, 15) is 14.7 Å². The van der Waals surface area contributed by atoms with Gasteiger partial charge in [-0.05, 0) is 31.9 Å². The number of hydrogen-bond donors (Lipinski definition) is 2. The molecule has 0 aromatic heterocycles. The molecule has 0 saturated carbocycles. The summed E-state index contributed by atoms with van der Waals surface area (Å²) in [5.74, 6) is -0.518. The average molecular weight is 265 g/mol. The molecule has 0 aliphatic heterocycles. The molecule has 0 radical (unpaired) electrons. The van der Waals surface area contributed by atoms with Gasteiger partial charge in [-0.3, -0.25) is 4.79 Å². The molecule has 1 amide bonds. The summed E-state index contributed by atoms with van der Waals surface area (Å²) in [5, 5.41) is 12.1. The number of phenols is 1. The van der Waals surface area contributed by atoms with Crippen LogP contribution in [0.4, 0.5) is 0 Å². The second kappa shape index (κ2) is 7.41. The van der Waals surface area contributed by atoms with Crippen LogP contribution in [0.5, 0.6) is 5.75 Å². The highest BCUT2D eigenvalue weighted by molar-refractivity contribution is 5.84. The molecule has 19 heavy (non-hydrogen) atoms. The molecular weight excluding hydrogens is 246 g/mol. The zero-order chi connectivity index (χ0) is 14.3. The first-order chi connectivity index (χ1) is 9.04. The van der Waals surface area contributed by atoms with Gasteiger partial charge < -0.3 is 15.2 Å². The fourth-order valence-electron chi connectivity index (χ4n) is 1.61. The molecule has 2 N–H and O–H groups in total. The zero-order valence-corrected chi connectivity index (χ0v) is 11.2. The molecule has 0 aliphatic carbocycles. The minimum absolute atomic E-state index is 0.175. The molecule has 0 spiro atoms. The third-order valence-corrected chi connectivity index (χ3v) is 2.63. The smallest absolute Gasteiger partial charge is 0.328 e. The predicted molar refractivity (Wildman–Crippen MR) is 70.7 cm³/mol. The molecule has 5 nitrogen and oxygen atoms in total. The summed E-state index contributed by atoms with van der Waals surface area (Å²) in [6.07, 6.45) is 0.634. The Bertz CT molecular complexity index is 445. The molecule has 1 rings (SSSR count). The standard InChI is InChI=1S/C14H19NO4/c1-3-19-14(18)10(2)15-13(17)9-8-11-6-4-5-7-12(11)16/h4-7,10,16H,3,8-9H2,1-2H3,(H,15,17). The van der Waals surface area contributed by atoms with Gasteiger partial charge in [0.05, 0.1) is 6.61 Å². The lowest BCUT2D eigenvalue weighted by atomic mass is 10.1. The Kier molecular flexibility index (Phi) is 5.85. The van der Waals surface area contributed by atoms with Crippen molar-refractivity contribution in [2.45, 2.75) is 32.7 Å². The number of aryl methyl sites for hydroxylation is 1. The van der Waals surface area contributed by atoms with Crippen LogP contribution in [0.1, 0.15) is 25.8 Å². The van der Waals surface area contributed by atoms with Gasteiger partial charge in [0.25, 0.3) is 0 Å². The topological polar surface area (TPSA) is 75.6 Å². The number of amides is 1. The number of benzene rings is 1. The fourth-order valence-corrected chi connectivity index (χ4v) is 1.61. The number of carbonyl (C=O) groups is 2. The Morgan fingerprint density at radius 1 is 1.37 bits per heavy atom. The van der Waals surface area contributed by atoms with Crippen LogP contribution in [0.3, 0.4) is 0 Å². The van der Waals surface area contributed by atoms with E-state index in [1.165, 1.54) is 0 Å². The highest BCUT2D eigenvalue weighted by Crippen LogP contribution is 2.17. The van der Waals surface area contributed by atoms with Gasteiger partial charge in [-0.25, -0.2) is 4.79 Å². The first-order valence-electron chi connectivity index (χ1n) is 6.27. The lowest BCUT2D eigenvalue weighted by Crippen LogP contribution is -2.39. The molecule has 0 bridgehead atoms. The average Bonchev–Trinajstić information content (AvgIpc) is 2.38. The number of phenolic OH excluding ortho intramolecular Hbond substituents is 1. The highest BCUT2D eigenvalue weighted by atomic mass is 16.5. The van der Waals surface area contributed by atoms with Crippen LogP contribution in [-0.4, -0.2) is 29.6 Å². The van der Waals surface area contributed by atoms with Gasteiger partial charge >= 0.3 is 5.97 Å². The maximum atomic E-state index is 11.6. The summed E-state index contributed by atoms with van der Waals surface area (Å²) in [6.45, 7) is 3.58. The van der Waals surface area contributed by atoms with Crippen molar-refractivity contribution < 1.29 is 19.4 Å². The van der Waals surface area contributed by atoms with Gasteiger partial charge in [-0.2, -0.15) is 0 Å². The van der Waals surface area contributed by atoms with Crippen LogP contribution in [0, 0.1) is 0 Å². The number of ether oxygens (including phenoxy) is 1. The van der Waals surface area contributed by atoms with Gasteiger partial charge in [-0.15, -0.1) is 0 Å². The summed E-state index contributed by atoms with van der Waals surface area (Å²) in [4.78, 5) is 23.0. The van der Waals surface area contributed by atoms with Crippen molar-refractivity contribution in [3.63, 3.8) is 0 Å². The van der Waals surface area contributed by atoms with Crippen LogP contribution < -0.4 is 5.32 Å². The van der Waals surface area contributed by atoms with Crippen LogP contribution in [0.2, 0.25) is 0 Å². The van der Waals surface area contributed by atoms with E-state index in [4.69, 9.17) is 4.74 Å². The number of hydrogen-bond acceptors (Lipinski definition) is 4. The number of nitrogens with one attached hydrogen (secondary N) is 1. The second-order valence-corrected chi connectivity index (χ2v) is 4.17. The van der Waals surface area contributed by atoms with Crippen molar-refractivity contribution in [2.75, 3.05) is 6.61 Å². The molecule has 0 saturated heterocycles. The second-order valence-electron chi connectivity index (χ2n) is 4.17. The lowest BCUT2D eigenvalue weighted by Gasteiger charge is -2.12. The summed E-state index contributed by atoms with van der Waals surface area (Å²) in [7, 11) is 0. The maximum absolute atomic E-state index is 11.6. The molecule has 0 aliphatic rings. The van der Waals surface area contributed by atoms with Crippen LogP contribution in [-0.2, 0) is 20.7 Å². The monoisotopic (exact) mass is 265 g/mol. The summed E-state index contributed by atoms with van der Waals surface area (Å²) in [5.41, 5.74) is 0.710. The summed E-state index contributed by atoms with van der Waals surface area (Å²) >= 11 is 0. The lowest BCUT2D eigenvalue weighted by molar-refractivity contribution is -0.146. The van der Waals surface area contributed by atoms with Crippen molar-refractivity contribution >= 4 is 11.9 Å². The molecule has 1 atom stereocenters. The summed E-state index contributed by atoms with van der Waals surface area (Å²) in [6, 6.07) is 6.21. The number of para-hydroxylation sites is 1. The largest absolute Gasteiger partial charge is 0.508 e. The predicted octanol–water partition coefficient (Wildman–Crippen LogP) is 1.39. The minimum Gasteiger partial charge on any atom is -0.508 e. The number of esters is 1. The highest BCUT2D eigenvalue weighted by Gasteiger charge is 2.16. The van der Waals surface area contributed by atoms with Crippen LogP contribution >= 0.6 is 0 Å². The fraction of sp³-hybridized carbons (Fsp3) is 0.429. The van der Waals surface area contributed by atoms with Crippen LogP contribution in [0.25, 0.3) is 0 Å². The van der Waals surface area contributed by atoms with Crippen molar-refractivity contribution in [2.24, 2.45) is 0 Å². The van der Waals surface area contributed by atoms with E-state index in [0.29, 0.717) is 12.0 Å². The molecule has 1 unspecified atom stereocenters. The van der Waals surface area contributed by atoms with E-state index in [1.807, 2.05) is 0 Å². The molecule has 104 valence electrons. The normalized spacial score (nSPS) is 11.7. The Labute approximate surface area is 112 Å². The Morgan fingerprint density at radius 3 is 2.68 bits per heavy atom. The Morgan fingerprint density at radius 2 is 2.05 bits per heavy atom. The summed E-state index contributed by atoms with van der Waals surface area (Å²) < 4.78 is 4.79. The number of aromatic hydroxyl groups is 1. The SMILES string of the molecule is CCOC(=O)C(C)NC(=O)CCc1ccccc1O. The van der Waals surface area contributed by atoms with E-state index in [-0.39, 0.29) is 24.7 Å². The molecule has 1 aromatic rings. The number of rotatable bonds is 6. The van der Waals surface area contributed by atoms with Gasteiger partial charge in [0.15, 0.2) is 0 Å². The van der Waals surface area contributed by atoms with Gasteiger partial charge in [0.1, 0.15) is 11.8 Å². The third-order valence-electron chi connectivity index (χ3n) is 2.63. The molecule has 1 aromatic carbocycles. The van der Waals surface area contributed by atoms with Crippen molar-refractivity contribution in [1.29, 1.82) is 0 Å². The van der Waals surface area contributed by atoms with Crippen molar-refractivity contribution in [3.8, 4) is 5.75 Å². The van der Waals surface area contributed by atoms with E-state index in [2.05, 4.69) is 5.32 Å². The van der Waals surface area contributed by atoms with E-state index >= 15 is 0 Å². The Hall–Kier alpha value is -2.04. The van der Waals surface area contributed by atoms with Crippen molar-refractivity contribution in [1.82, 2.24) is 5.32 Å². The molecule has 5 heteroatoms. The molecular formula is C14H19NO4. The third kappa shape index (κ3) is 4.99. The van der Waals surface area contributed by atoms with Gasteiger partial charge in [0, 0.05) is 6.42 Å². The molecule has 0 heterocycles.